The lowest BCUT2D eigenvalue weighted by Gasteiger charge is -1.97. The van der Waals surface area contributed by atoms with Crippen LogP contribution in [0.4, 0.5) is 0 Å². The second kappa shape index (κ2) is 5.82. The van der Waals surface area contributed by atoms with Gasteiger partial charge in [-0.25, -0.2) is 4.79 Å². The molecular formula is C14H13NO3. The van der Waals surface area contributed by atoms with E-state index in [2.05, 4.69) is 5.16 Å². The number of aromatic nitrogens is 1. The SMILES string of the molecule is CCOC(=O)/C=C/c1cnoc1-c1ccccc1. The largest absolute Gasteiger partial charge is 0.463 e. The van der Waals surface area contributed by atoms with Crippen molar-refractivity contribution in [2.45, 2.75) is 6.92 Å². The molecule has 0 bridgehead atoms. The highest BCUT2D eigenvalue weighted by Crippen LogP contribution is 2.24. The predicted molar refractivity (Wildman–Crippen MR) is 67.6 cm³/mol. The van der Waals surface area contributed by atoms with E-state index in [1.807, 2.05) is 30.3 Å². The minimum Gasteiger partial charge on any atom is -0.463 e. The number of hydrogen-bond acceptors (Lipinski definition) is 4. The van der Waals surface area contributed by atoms with Crippen molar-refractivity contribution in [1.29, 1.82) is 0 Å². The van der Waals surface area contributed by atoms with Gasteiger partial charge in [-0.05, 0) is 13.0 Å². The summed E-state index contributed by atoms with van der Waals surface area (Å²) in [6, 6.07) is 9.59. The van der Waals surface area contributed by atoms with Crippen molar-refractivity contribution in [1.82, 2.24) is 5.16 Å². The van der Waals surface area contributed by atoms with Crippen molar-refractivity contribution in [3.63, 3.8) is 0 Å². The Morgan fingerprint density at radius 2 is 2.17 bits per heavy atom. The molecule has 0 radical (unpaired) electrons. The van der Waals surface area contributed by atoms with E-state index in [4.69, 9.17) is 9.26 Å². The summed E-state index contributed by atoms with van der Waals surface area (Å²) in [6.45, 7) is 2.12. The van der Waals surface area contributed by atoms with E-state index in [0.717, 1.165) is 11.1 Å². The summed E-state index contributed by atoms with van der Waals surface area (Å²) in [4.78, 5) is 11.2. The molecule has 0 unspecified atom stereocenters. The van der Waals surface area contributed by atoms with Gasteiger partial charge in [0.2, 0.25) is 0 Å². The molecule has 0 atom stereocenters. The van der Waals surface area contributed by atoms with Gasteiger partial charge in [-0.15, -0.1) is 0 Å². The van der Waals surface area contributed by atoms with Gasteiger partial charge in [-0.1, -0.05) is 35.5 Å². The van der Waals surface area contributed by atoms with Crippen molar-refractivity contribution in [2.24, 2.45) is 0 Å². The van der Waals surface area contributed by atoms with Gasteiger partial charge in [0.25, 0.3) is 0 Å². The normalized spacial score (nSPS) is 10.7. The Morgan fingerprint density at radius 1 is 1.39 bits per heavy atom. The molecule has 4 heteroatoms. The molecule has 0 N–H and O–H groups in total. The maximum absolute atomic E-state index is 11.2. The number of carbonyl (C=O) groups excluding carboxylic acids is 1. The van der Waals surface area contributed by atoms with Crippen molar-refractivity contribution < 1.29 is 14.1 Å². The Hall–Kier alpha value is -2.36. The summed E-state index contributed by atoms with van der Waals surface area (Å²) >= 11 is 0. The zero-order valence-corrected chi connectivity index (χ0v) is 10.00. The number of esters is 1. The first kappa shape index (κ1) is 12.1. The van der Waals surface area contributed by atoms with Crippen LogP contribution >= 0.6 is 0 Å². The molecule has 0 spiro atoms. The molecule has 1 aromatic carbocycles. The molecule has 2 rings (SSSR count). The molecule has 1 aromatic heterocycles. The standard InChI is InChI=1S/C14H13NO3/c1-2-17-13(16)9-8-12-10-15-18-14(12)11-6-4-3-5-7-11/h3-10H,2H2,1H3/b9-8+. The smallest absolute Gasteiger partial charge is 0.330 e. The summed E-state index contributed by atoms with van der Waals surface area (Å²) in [6.07, 6.45) is 4.57. The lowest BCUT2D eigenvalue weighted by atomic mass is 10.1. The fourth-order valence-electron chi connectivity index (χ4n) is 1.52. The van der Waals surface area contributed by atoms with Gasteiger partial charge in [-0.2, -0.15) is 0 Å². The first-order chi connectivity index (χ1) is 8.81. The van der Waals surface area contributed by atoms with Gasteiger partial charge in [0.05, 0.1) is 12.8 Å². The second-order valence-electron chi connectivity index (χ2n) is 3.56. The second-order valence-corrected chi connectivity index (χ2v) is 3.56. The Bertz CT molecular complexity index is 543. The monoisotopic (exact) mass is 243 g/mol. The summed E-state index contributed by atoms with van der Waals surface area (Å²) in [5.41, 5.74) is 1.66. The number of benzene rings is 1. The van der Waals surface area contributed by atoms with E-state index in [1.54, 1.807) is 19.2 Å². The minimum atomic E-state index is -0.377. The van der Waals surface area contributed by atoms with Crippen LogP contribution in [0, 0.1) is 0 Å². The minimum absolute atomic E-state index is 0.359. The van der Waals surface area contributed by atoms with Crippen molar-refractivity contribution in [3.05, 3.63) is 48.2 Å². The number of nitrogens with zero attached hydrogens (tertiary/aromatic N) is 1. The van der Waals surface area contributed by atoms with Crippen LogP contribution in [0.25, 0.3) is 17.4 Å². The molecule has 0 fully saturated rings. The number of ether oxygens (including phenoxy) is 1. The average molecular weight is 243 g/mol. The molecule has 4 nitrogen and oxygen atoms in total. The van der Waals surface area contributed by atoms with Gasteiger partial charge in [0.1, 0.15) is 0 Å². The molecule has 0 saturated heterocycles. The third kappa shape index (κ3) is 2.85. The van der Waals surface area contributed by atoms with Crippen molar-refractivity contribution >= 4 is 12.0 Å². The molecule has 0 aliphatic carbocycles. The lowest BCUT2D eigenvalue weighted by molar-refractivity contribution is -0.137. The number of rotatable bonds is 4. The Balaban J connectivity index is 2.21. The van der Waals surface area contributed by atoms with Crippen LogP contribution in [0.1, 0.15) is 12.5 Å². The van der Waals surface area contributed by atoms with Gasteiger partial charge in [0.15, 0.2) is 5.76 Å². The van der Waals surface area contributed by atoms with E-state index in [-0.39, 0.29) is 5.97 Å². The molecule has 0 saturated carbocycles. The Morgan fingerprint density at radius 3 is 2.89 bits per heavy atom. The van der Waals surface area contributed by atoms with Crippen molar-refractivity contribution in [2.75, 3.05) is 6.61 Å². The maximum Gasteiger partial charge on any atom is 0.330 e. The predicted octanol–water partition coefficient (Wildman–Crippen LogP) is 2.92. The van der Waals surface area contributed by atoms with E-state index in [0.29, 0.717) is 12.4 Å². The highest BCUT2D eigenvalue weighted by Gasteiger charge is 2.08. The van der Waals surface area contributed by atoms with Crippen LogP contribution in [0.15, 0.2) is 47.1 Å². The summed E-state index contributed by atoms with van der Waals surface area (Å²) < 4.78 is 10.00. The molecule has 2 aromatic rings. The number of carbonyl (C=O) groups is 1. The van der Waals surface area contributed by atoms with E-state index in [1.165, 1.54) is 6.08 Å². The third-order valence-electron chi connectivity index (χ3n) is 2.32. The first-order valence-corrected chi connectivity index (χ1v) is 5.66. The maximum atomic E-state index is 11.2. The van der Waals surface area contributed by atoms with Crippen LogP contribution in [0.2, 0.25) is 0 Å². The fourth-order valence-corrected chi connectivity index (χ4v) is 1.52. The van der Waals surface area contributed by atoms with Crippen LogP contribution in [-0.4, -0.2) is 17.7 Å². The quantitative estimate of drug-likeness (QED) is 0.612. The highest BCUT2D eigenvalue weighted by molar-refractivity contribution is 5.88. The van der Waals surface area contributed by atoms with Crippen LogP contribution < -0.4 is 0 Å². The van der Waals surface area contributed by atoms with E-state index >= 15 is 0 Å². The third-order valence-corrected chi connectivity index (χ3v) is 2.32. The molecule has 18 heavy (non-hydrogen) atoms. The van der Waals surface area contributed by atoms with Gasteiger partial charge >= 0.3 is 5.97 Å². The van der Waals surface area contributed by atoms with Crippen LogP contribution in [-0.2, 0) is 9.53 Å². The van der Waals surface area contributed by atoms with E-state index < -0.39 is 0 Å². The van der Waals surface area contributed by atoms with Gasteiger partial charge in [-0.3, -0.25) is 0 Å². The number of hydrogen-bond donors (Lipinski definition) is 0. The molecule has 1 heterocycles. The zero-order chi connectivity index (χ0) is 12.8. The molecule has 0 aliphatic rings. The van der Waals surface area contributed by atoms with Gasteiger partial charge < -0.3 is 9.26 Å². The molecule has 92 valence electrons. The molecule has 0 amide bonds. The van der Waals surface area contributed by atoms with Crippen LogP contribution in [0.3, 0.4) is 0 Å². The summed E-state index contributed by atoms with van der Waals surface area (Å²) in [5.74, 6) is 0.258. The lowest BCUT2D eigenvalue weighted by Crippen LogP contribution is -1.98. The van der Waals surface area contributed by atoms with E-state index in [9.17, 15) is 4.79 Å². The summed E-state index contributed by atoms with van der Waals surface area (Å²) in [5, 5.41) is 3.74. The molecule has 0 aliphatic heterocycles. The highest BCUT2D eigenvalue weighted by atomic mass is 16.5. The van der Waals surface area contributed by atoms with Crippen molar-refractivity contribution in [3.8, 4) is 11.3 Å². The average Bonchev–Trinajstić information content (AvgIpc) is 2.86. The summed E-state index contributed by atoms with van der Waals surface area (Å²) in [7, 11) is 0. The fraction of sp³-hybridized carbons (Fsp3) is 0.143. The Kier molecular flexibility index (Phi) is 3.91. The molecular weight excluding hydrogens is 230 g/mol. The van der Waals surface area contributed by atoms with Crippen LogP contribution in [0.5, 0.6) is 0 Å². The Labute approximate surface area is 105 Å². The van der Waals surface area contributed by atoms with Gasteiger partial charge in [0, 0.05) is 17.2 Å². The first-order valence-electron chi connectivity index (χ1n) is 5.66. The zero-order valence-electron chi connectivity index (χ0n) is 10.00. The topological polar surface area (TPSA) is 52.3 Å².